The van der Waals surface area contributed by atoms with Crippen LogP contribution in [0.4, 0.5) is 0 Å². The van der Waals surface area contributed by atoms with E-state index in [-0.39, 0.29) is 0 Å². The van der Waals surface area contributed by atoms with E-state index in [1.54, 1.807) is 14.2 Å². The maximum absolute atomic E-state index is 8.81. The van der Waals surface area contributed by atoms with Gasteiger partial charge in [0, 0.05) is 22.1 Å². The van der Waals surface area contributed by atoms with Gasteiger partial charge >= 0.3 is 0 Å². The fraction of sp³-hybridized carbons (Fsp3) is 0.500. The van der Waals surface area contributed by atoms with Gasteiger partial charge in [-0.3, -0.25) is 0 Å². The molecule has 0 aliphatic rings. The number of aliphatic hydroxyl groups is 1. The van der Waals surface area contributed by atoms with Crippen LogP contribution in [0.1, 0.15) is 45.9 Å². The SMILES string of the molecule is CC.CC=O.CCCO.CCSCc1ccc(-c2ccc(OC)c(OC)c2)s1. The van der Waals surface area contributed by atoms with E-state index in [4.69, 9.17) is 19.4 Å². The molecule has 1 aromatic carbocycles. The van der Waals surface area contributed by atoms with Crippen LogP contribution in [0.15, 0.2) is 30.3 Å². The summed E-state index contributed by atoms with van der Waals surface area (Å²) in [6.07, 6.45) is 1.62. The topological polar surface area (TPSA) is 55.8 Å². The van der Waals surface area contributed by atoms with Crippen LogP contribution in [0.2, 0.25) is 0 Å². The second kappa shape index (κ2) is 20.2. The lowest BCUT2D eigenvalue weighted by atomic mass is 10.1. The van der Waals surface area contributed by atoms with Crippen LogP contribution < -0.4 is 9.47 Å². The molecule has 0 unspecified atom stereocenters. The first-order chi connectivity index (χ1) is 13.6. The van der Waals surface area contributed by atoms with Gasteiger partial charge < -0.3 is 19.4 Å². The van der Waals surface area contributed by atoms with Gasteiger partial charge in [-0.1, -0.05) is 27.7 Å². The van der Waals surface area contributed by atoms with Crippen LogP contribution in [0.3, 0.4) is 0 Å². The van der Waals surface area contributed by atoms with Crippen LogP contribution in [0, 0.1) is 0 Å². The Balaban J connectivity index is 0. The molecule has 28 heavy (non-hydrogen) atoms. The third-order valence-corrected chi connectivity index (χ3v) is 5.24. The molecule has 0 aliphatic heterocycles. The van der Waals surface area contributed by atoms with Gasteiger partial charge in [0.05, 0.1) is 14.2 Å². The highest BCUT2D eigenvalue weighted by atomic mass is 32.2. The molecule has 2 aromatic rings. The Morgan fingerprint density at radius 2 is 1.64 bits per heavy atom. The molecule has 6 heteroatoms. The van der Waals surface area contributed by atoms with Crippen molar-refractivity contribution in [1.29, 1.82) is 0 Å². The fourth-order valence-electron chi connectivity index (χ4n) is 1.80. The molecule has 0 saturated carbocycles. The number of thiophene rings is 1. The van der Waals surface area contributed by atoms with Crippen molar-refractivity contribution in [3.05, 3.63) is 35.2 Å². The quantitative estimate of drug-likeness (QED) is 0.524. The highest BCUT2D eigenvalue weighted by Crippen LogP contribution is 2.36. The first-order valence-electron chi connectivity index (χ1n) is 9.51. The van der Waals surface area contributed by atoms with Gasteiger partial charge in [0.2, 0.25) is 0 Å². The fourth-order valence-corrected chi connectivity index (χ4v) is 3.59. The molecule has 0 aliphatic carbocycles. The Hall–Kier alpha value is -1.50. The molecule has 0 fully saturated rings. The average Bonchev–Trinajstić information content (AvgIpc) is 3.23. The maximum atomic E-state index is 8.81. The predicted octanol–water partition coefficient (Wildman–Crippen LogP) is 6.31. The molecule has 4 nitrogen and oxygen atoms in total. The summed E-state index contributed by atoms with van der Waals surface area (Å²) in [4.78, 5) is 11.5. The molecule has 0 bridgehead atoms. The van der Waals surface area contributed by atoms with Gasteiger partial charge in [-0.15, -0.1) is 11.3 Å². The van der Waals surface area contributed by atoms with E-state index >= 15 is 0 Å². The van der Waals surface area contributed by atoms with Crippen LogP contribution in [-0.4, -0.2) is 38.0 Å². The molecular formula is C22H36O4S2. The Morgan fingerprint density at radius 1 is 1.07 bits per heavy atom. The number of methoxy groups -OCH3 is 2. The van der Waals surface area contributed by atoms with Crippen LogP contribution in [0.25, 0.3) is 10.4 Å². The zero-order chi connectivity index (χ0) is 21.8. The highest BCUT2D eigenvalue weighted by Gasteiger charge is 2.08. The summed E-state index contributed by atoms with van der Waals surface area (Å²) in [5.41, 5.74) is 1.18. The monoisotopic (exact) mass is 428 g/mol. The summed E-state index contributed by atoms with van der Waals surface area (Å²) in [6, 6.07) is 10.4. The van der Waals surface area contributed by atoms with E-state index in [9.17, 15) is 0 Å². The van der Waals surface area contributed by atoms with E-state index in [0.29, 0.717) is 6.61 Å². The number of aldehydes is 1. The van der Waals surface area contributed by atoms with Crippen LogP contribution in [0.5, 0.6) is 11.5 Å². The van der Waals surface area contributed by atoms with Gasteiger partial charge in [-0.2, -0.15) is 11.8 Å². The first kappa shape index (κ1) is 28.7. The summed E-state index contributed by atoms with van der Waals surface area (Å²) in [7, 11) is 3.32. The molecule has 0 spiro atoms. The van der Waals surface area contributed by atoms with E-state index in [1.165, 1.54) is 22.2 Å². The van der Waals surface area contributed by atoms with Crippen molar-refractivity contribution < 1.29 is 19.4 Å². The van der Waals surface area contributed by atoms with Gasteiger partial charge in [-0.25, -0.2) is 0 Å². The second-order valence-electron chi connectivity index (χ2n) is 4.93. The van der Waals surface area contributed by atoms with Gasteiger partial charge in [0.15, 0.2) is 11.5 Å². The summed E-state index contributed by atoms with van der Waals surface area (Å²) < 4.78 is 10.6. The maximum Gasteiger partial charge on any atom is 0.161 e. The number of carbonyl (C=O) groups excluding carboxylic acids is 1. The van der Waals surface area contributed by atoms with Crippen LogP contribution in [-0.2, 0) is 10.5 Å². The van der Waals surface area contributed by atoms with Gasteiger partial charge in [0.25, 0.3) is 0 Å². The smallest absolute Gasteiger partial charge is 0.161 e. The second-order valence-corrected chi connectivity index (χ2v) is 7.37. The Morgan fingerprint density at radius 3 is 2.11 bits per heavy atom. The van der Waals surface area contributed by atoms with Crippen LogP contribution >= 0.6 is 23.1 Å². The van der Waals surface area contributed by atoms with Crippen molar-refractivity contribution in [3.63, 3.8) is 0 Å². The number of hydrogen-bond acceptors (Lipinski definition) is 6. The zero-order valence-corrected chi connectivity index (χ0v) is 19.9. The molecule has 2 rings (SSSR count). The minimum Gasteiger partial charge on any atom is -0.493 e. The van der Waals surface area contributed by atoms with Crippen molar-refractivity contribution in [3.8, 4) is 21.9 Å². The van der Waals surface area contributed by atoms with E-state index in [0.717, 1.165) is 35.7 Å². The Kier molecular flexibility index (Phi) is 20.8. The molecule has 0 radical (unpaired) electrons. The number of ether oxygens (including phenoxy) is 2. The molecule has 1 N–H and O–H groups in total. The molecule has 0 saturated heterocycles. The number of aliphatic hydroxyl groups excluding tert-OH is 1. The minimum atomic E-state index is 0.319. The average molecular weight is 429 g/mol. The lowest BCUT2D eigenvalue weighted by molar-refractivity contribution is -0.106. The molecule has 1 heterocycles. The standard InChI is InChI=1S/C15H18O2S2.C3H8O.C2H4O.C2H6/c1-4-18-10-12-6-8-15(19-12)11-5-7-13(16-2)14(9-11)17-3;1-2-3-4;1-2-3;1-2/h5-9H,4,10H2,1-3H3;4H,2-3H2,1H3;2H,1H3;1-2H3. The highest BCUT2D eigenvalue weighted by molar-refractivity contribution is 7.98. The van der Waals surface area contributed by atoms with E-state index in [1.807, 2.05) is 56.0 Å². The number of benzene rings is 1. The van der Waals surface area contributed by atoms with Gasteiger partial charge in [-0.05, 0) is 55.0 Å². The summed E-state index contributed by atoms with van der Waals surface area (Å²) >= 11 is 3.79. The summed E-state index contributed by atoms with van der Waals surface area (Å²) in [6.45, 7) is 9.88. The van der Waals surface area contributed by atoms with Crippen molar-refractivity contribution >= 4 is 29.4 Å². The number of rotatable bonds is 7. The third-order valence-electron chi connectivity index (χ3n) is 3.00. The first-order valence-corrected chi connectivity index (χ1v) is 11.5. The predicted molar refractivity (Wildman–Crippen MR) is 125 cm³/mol. The number of hydrogen-bond donors (Lipinski definition) is 1. The Labute approximate surface area is 179 Å². The third kappa shape index (κ3) is 12.1. The molecule has 0 atom stereocenters. The minimum absolute atomic E-state index is 0.319. The van der Waals surface area contributed by atoms with Crippen molar-refractivity contribution in [2.75, 3.05) is 26.6 Å². The van der Waals surface area contributed by atoms with E-state index in [2.05, 4.69) is 25.1 Å². The molecule has 160 valence electrons. The lowest BCUT2D eigenvalue weighted by Crippen LogP contribution is -1.90. The van der Waals surface area contributed by atoms with Crippen molar-refractivity contribution in [2.24, 2.45) is 0 Å². The summed E-state index contributed by atoms with van der Waals surface area (Å²) in [5.74, 6) is 3.79. The van der Waals surface area contributed by atoms with Crippen molar-refractivity contribution in [1.82, 2.24) is 0 Å². The number of carbonyl (C=O) groups is 1. The normalized spacial score (nSPS) is 8.86. The largest absolute Gasteiger partial charge is 0.493 e. The van der Waals surface area contributed by atoms with E-state index < -0.39 is 0 Å². The molecule has 0 amide bonds. The number of thioether (sulfide) groups is 1. The van der Waals surface area contributed by atoms with Crippen molar-refractivity contribution in [2.45, 2.75) is 46.8 Å². The van der Waals surface area contributed by atoms with Gasteiger partial charge in [0.1, 0.15) is 6.29 Å². The zero-order valence-electron chi connectivity index (χ0n) is 18.3. The molecule has 1 aromatic heterocycles. The lowest BCUT2D eigenvalue weighted by Gasteiger charge is -2.08. The Bertz CT molecular complexity index is 610. The summed E-state index contributed by atoms with van der Waals surface area (Å²) in [5, 5.41) is 7.88. The molecular weight excluding hydrogens is 392 g/mol.